The van der Waals surface area contributed by atoms with Gasteiger partial charge in [0.1, 0.15) is 0 Å². The van der Waals surface area contributed by atoms with E-state index in [0.29, 0.717) is 25.4 Å². The summed E-state index contributed by atoms with van der Waals surface area (Å²) in [6.45, 7) is 6.28. The van der Waals surface area contributed by atoms with Gasteiger partial charge < -0.3 is 21.1 Å². The van der Waals surface area contributed by atoms with Gasteiger partial charge in [0.15, 0.2) is 0 Å². The van der Waals surface area contributed by atoms with Crippen LogP contribution in [-0.2, 0) is 4.79 Å². The zero-order valence-electron chi connectivity index (χ0n) is 13.0. The van der Waals surface area contributed by atoms with Crippen LogP contribution < -0.4 is 16.0 Å². The molecule has 0 fully saturated rings. The Kier molecular flexibility index (Phi) is 7.79. The first kappa shape index (κ1) is 17.5. The van der Waals surface area contributed by atoms with E-state index in [2.05, 4.69) is 10.2 Å². The molecule has 1 amide bonds. The quantitative estimate of drug-likeness (QED) is 0.649. The molecule has 0 aromatic heterocycles. The van der Waals surface area contributed by atoms with Crippen molar-refractivity contribution < 1.29 is 9.90 Å². The van der Waals surface area contributed by atoms with Crippen LogP contribution in [0, 0.1) is 5.92 Å². The Morgan fingerprint density at radius 1 is 1.38 bits per heavy atom. The van der Waals surface area contributed by atoms with Crippen molar-refractivity contribution in [3.05, 3.63) is 24.3 Å². The van der Waals surface area contributed by atoms with Crippen LogP contribution in [0.2, 0.25) is 0 Å². The molecular weight excluding hydrogens is 266 g/mol. The van der Waals surface area contributed by atoms with Gasteiger partial charge in [-0.2, -0.15) is 0 Å². The highest BCUT2D eigenvalue weighted by atomic mass is 16.3. The second kappa shape index (κ2) is 9.37. The number of nitrogens with one attached hydrogen (secondary N) is 1. The molecule has 0 saturated carbocycles. The van der Waals surface area contributed by atoms with Crippen LogP contribution in [-0.4, -0.2) is 37.3 Å². The predicted molar refractivity (Wildman–Crippen MR) is 87.5 cm³/mol. The van der Waals surface area contributed by atoms with E-state index >= 15 is 0 Å². The fourth-order valence-electron chi connectivity index (χ4n) is 2.06. The molecular formula is C16H27N3O2. The Hall–Kier alpha value is -1.59. The Morgan fingerprint density at radius 3 is 2.57 bits per heavy atom. The van der Waals surface area contributed by atoms with E-state index in [4.69, 9.17) is 10.8 Å². The number of aliphatic hydroxyl groups excluding tert-OH is 1. The minimum Gasteiger partial charge on any atom is -0.395 e. The number of carbonyl (C=O) groups excluding carboxylic acids is 1. The Morgan fingerprint density at radius 2 is 2.05 bits per heavy atom. The smallest absolute Gasteiger partial charge is 0.224 e. The van der Waals surface area contributed by atoms with Crippen molar-refractivity contribution in [1.29, 1.82) is 0 Å². The van der Waals surface area contributed by atoms with Gasteiger partial charge in [0.25, 0.3) is 0 Å². The van der Waals surface area contributed by atoms with E-state index in [0.717, 1.165) is 24.3 Å². The van der Waals surface area contributed by atoms with E-state index in [9.17, 15) is 4.79 Å². The molecule has 1 rings (SSSR count). The van der Waals surface area contributed by atoms with Crippen LogP contribution >= 0.6 is 0 Å². The van der Waals surface area contributed by atoms with E-state index in [1.807, 2.05) is 38.1 Å². The third-order valence-electron chi connectivity index (χ3n) is 3.53. The average molecular weight is 293 g/mol. The molecule has 1 unspecified atom stereocenters. The van der Waals surface area contributed by atoms with Gasteiger partial charge >= 0.3 is 0 Å². The van der Waals surface area contributed by atoms with E-state index < -0.39 is 0 Å². The highest BCUT2D eigenvalue weighted by molar-refractivity contribution is 5.90. The lowest BCUT2D eigenvalue weighted by atomic mass is 10.1. The van der Waals surface area contributed by atoms with Gasteiger partial charge in [0.05, 0.1) is 6.61 Å². The molecule has 118 valence electrons. The van der Waals surface area contributed by atoms with Crippen molar-refractivity contribution in [3.8, 4) is 0 Å². The molecule has 0 aliphatic heterocycles. The molecule has 0 radical (unpaired) electrons. The minimum atomic E-state index is 0.0192. The summed E-state index contributed by atoms with van der Waals surface area (Å²) in [4.78, 5) is 13.9. The predicted octanol–water partition coefficient (Wildman–Crippen LogP) is 1.82. The highest BCUT2D eigenvalue weighted by Crippen LogP contribution is 2.18. The Balaban J connectivity index is 2.52. The first-order chi connectivity index (χ1) is 10.1. The van der Waals surface area contributed by atoms with Gasteiger partial charge in [-0.05, 0) is 50.1 Å². The van der Waals surface area contributed by atoms with Crippen LogP contribution in [0.1, 0.15) is 26.7 Å². The largest absolute Gasteiger partial charge is 0.395 e. The zero-order chi connectivity index (χ0) is 15.7. The van der Waals surface area contributed by atoms with Gasteiger partial charge in [0.2, 0.25) is 5.91 Å². The van der Waals surface area contributed by atoms with Crippen molar-refractivity contribution in [2.75, 3.05) is 36.5 Å². The number of hydrogen-bond acceptors (Lipinski definition) is 4. The minimum absolute atomic E-state index is 0.0192. The number of anilines is 2. The summed E-state index contributed by atoms with van der Waals surface area (Å²) in [6.07, 6.45) is 1.30. The first-order valence-electron chi connectivity index (χ1n) is 7.56. The second-order valence-corrected chi connectivity index (χ2v) is 5.28. The molecule has 0 bridgehead atoms. The van der Waals surface area contributed by atoms with Crippen LogP contribution in [0.15, 0.2) is 24.3 Å². The molecule has 0 heterocycles. The number of nitrogens with two attached hydrogens (primary N) is 1. The van der Waals surface area contributed by atoms with Crippen molar-refractivity contribution in [3.63, 3.8) is 0 Å². The van der Waals surface area contributed by atoms with Gasteiger partial charge in [-0.15, -0.1) is 0 Å². The molecule has 4 N–H and O–H groups in total. The lowest BCUT2D eigenvalue weighted by Gasteiger charge is -2.22. The summed E-state index contributed by atoms with van der Waals surface area (Å²) in [5, 5.41) is 11.9. The molecule has 5 nitrogen and oxygen atoms in total. The topological polar surface area (TPSA) is 78.6 Å². The number of carbonyl (C=O) groups is 1. The summed E-state index contributed by atoms with van der Waals surface area (Å²) in [6, 6.07) is 7.69. The van der Waals surface area contributed by atoms with E-state index in [-0.39, 0.29) is 12.5 Å². The summed E-state index contributed by atoms with van der Waals surface area (Å²) >= 11 is 0. The third-order valence-corrected chi connectivity index (χ3v) is 3.53. The molecule has 5 heteroatoms. The number of amides is 1. The molecule has 1 aromatic carbocycles. The van der Waals surface area contributed by atoms with Gasteiger partial charge in [-0.1, -0.05) is 6.92 Å². The molecule has 0 aliphatic carbocycles. The van der Waals surface area contributed by atoms with Gasteiger partial charge in [-0.25, -0.2) is 0 Å². The maximum atomic E-state index is 11.8. The number of nitrogens with zero attached hydrogens (tertiary/aromatic N) is 1. The van der Waals surface area contributed by atoms with Crippen molar-refractivity contribution in [2.24, 2.45) is 11.7 Å². The number of benzene rings is 1. The van der Waals surface area contributed by atoms with Crippen LogP contribution in [0.5, 0.6) is 0 Å². The van der Waals surface area contributed by atoms with Crippen molar-refractivity contribution in [1.82, 2.24) is 0 Å². The van der Waals surface area contributed by atoms with Crippen LogP contribution in [0.4, 0.5) is 11.4 Å². The third kappa shape index (κ3) is 6.14. The molecule has 0 saturated heterocycles. The first-order valence-corrected chi connectivity index (χ1v) is 7.56. The number of aliphatic hydroxyl groups is 1. The summed E-state index contributed by atoms with van der Waals surface area (Å²) < 4.78 is 0. The molecule has 1 aromatic rings. The van der Waals surface area contributed by atoms with Crippen molar-refractivity contribution >= 4 is 17.3 Å². The SMILES string of the molecule is CCN(CCO)c1ccc(NC(=O)CCC(C)CN)cc1. The number of hydrogen-bond donors (Lipinski definition) is 3. The van der Waals surface area contributed by atoms with Gasteiger partial charge in [0, 0.05) is 30.9 Å². The fourth-order valence-corrected chi connectivity index (χ4v) is 2.06. The van der Waals surface area contributed by atoms with Crippen LogP contribution in [0.3, 0.4) is 0 Å². The number of likely N-dealkylation sites (N-methyl/N-ethyl adjacent to an activating group) is 1. The second-order valence-electron chi connectivity index (χ2n) is 5.28. The number of rotatable bonds is 9. The molecule has 21 heavy (non-hydrogen) atoms. The maximum Gasteiger partial charge on any atom is 0.224 e. The standard InChI is InChI=1S/C16H27N3O2/c1-3-19(10-11-20)15-7-5-14(6-8-15)18-16(21)9-4-13(2)12-17/h5-8,13,20H,3-4,9-12,17H2,1-2H3,(H,18,21). The highest BCUT2D eigenvalue weighted by Gasteiger charge is 2.07. The summed E-state index contributed by atoms with van der Waals surface area (Å²) in [7, 11) is 0. The van der Waals surface area contributed by atoms with Gasteiger partial charge in [-0.3, -0.25) is 4.79 Å². The molecule has 1 atom stereocenters. The van der Waals surface area contributed by atoms with E-state index in [1.54, 1.807) is 0 Å². The zero-order valence-corrected chi connectivity index (χ0v) is 13.0. The Bertz CT molecular complexity index is 420. The van der Waals surface area contributed by atoms with E-state index in [1.165, 1.54) is 0 Å². The molecule has 0 aliphatic rings. The normalized spacial score (nSPS) is 12.0. The summed E-state index contributed by atoms with van der Waals surface area (Å²) in [5.74, 6) is 0.389. The summed E-state index contributed by atoms with van der Waals surface area (Å²) in [5.41, 5.74) is 7.38. The Labute approximate surface area is 127 Å². The lowest BCUT2D eigenvalue weighted by Crippen LogP contribution is -2.26. The lowest BCUT2D eigenvalue weighted by molar-refractivity contribution is -0.116. The molecule has 0 spiro atoms. The van der Waals surface area contributed by atoms with Crippen LogP contribution in [0.25, 0.3) is 0 Å². The fraction of sp³-hybridized carbons (Fsp3) is 0.562. The maximum absolute atomic E-state index is 11.8. The average Bonchev–Trinajstić information content (AvgIpc) is 2.51. The van der Waals surface area contributed by atoms with Crippen molar-refractivity contribution in [2.45, 2.75) is 26.7 Å². The monoisotopic (exact) mass is 293 g/mol.